The summed E-state index contributed by atoms with van der Waals surface area (Å²) in [4.78, 5) is 8.75. The van der Waals surface area contributed by atoms with Gasteiger partial charge in [-0.15, -0.1) is 0 Å². The molecule has 0 saturated heterocycles. The molecule has 0 aliphatic carbocycles. The van der Waals surface area contributed by atoms with E-state index in [0.29, 0.717) is 18.0 Å². The second-order valence-electron chi connectivity index (χ2n) is 6.31. The molecule has 0 unspecified atom stereocenters. The van der Waals surface area contributed by atoms with Crippen LogP contribution in [0.1, 0.15) is 32.4 Å². The monoisotopic (exact) mass is 302 g/mol. The number of para-hydroxylation sites is 1. The Hall–Kier alpha value is -2.44. The first-order valence-electron chi connectivity index (χ1n) is 7.13. The second kappa shape index (κ2) is 5.08. The van der Waals surface area contributed by atoms with E-state index in [4.69, 9.17) is 0 Å². The quantitative estimate of drug-likeness (QED) is 0.780. The Bertz CT molecular complexity index is 811. The number of hydrogen-bond donors (Lipinski definition) is 2. The highest BCUT2D eigenvalue weighted by molar-refractivity contribution is 5.79. The maximum atomic E-state index is 13.7. The van der Waals surface area contributed by atoms with Crippen molar-refractivity contribution in [2.45, 2.75) is 32.7 Å². The van der Waals surface area contributed by atoms with Crippen molar-refractivity contribution in [2.75, 3.05) is 5.32 Å². The van der Waals surface area contributed by atoms with Crippen molar-refractivity contribution in [3.05, 3.63) is 35.7 Å². The standard InChI is InChI=1S/C15H19FN6/c1-15(2,3)13-18-11(20-21-13)8-17-14-19-12-9(16)6-5-7-10(12)22(14)4/h5-7H,8H2,1-4H3,(H,17,19)(H,18,20,21). The lowest BCUT2D eigenvalue weighted by Gasteiger charge is -2.11. The first-order chi connectivity index (χ1) is 10.4. The summed E-state index contributed by atoms with van der Waals surface area (Å²) in [6.07, 6.45) is 0. The number of halogens is 1. The van der Waals surface area contributed by atoms with Crippen molar-refractivity contribution in [1.29, 1.82) is 0 Å². The van der Waals surface area contributed by atoms with Crippen molar-refractivity contribution in [1.82, 2.24) is 24.7 Å². The third-order valence-corrected chi connectivity index (χ3v) is 3.48. The van der Waals surface area contributed by atoms with E-state index in [1.165, 1.54) is 6.07 Å². The third-order valence-electron chi connectivity index (χ3n) is 3.48. The van der Waals surface area contributed by atoms with Crippen LogP contribution in [0.4, 0.5) is 10.3 Å². The van der Waals surface area contributed by atoms with Crippen LogP contribution in [0.3, 0.4) is 0 Å². The number of anilines is 1. The number of nitrogens with zero attached hydrogens (tertiary/aromatic N) is 4. The summed E-state index contributed by atoms with van der Waals surface area (Å²) in [5.74, 6) is 1.75. The van der Waals surface area contributed by atoms with E-state index < -0.39 is 0 Å². The SMILES string of the molecule is Cn1c(NCc2nc(C(C)(C)C)n[nH]2)nc2c(F)cccc21. The van der Waals surface area contributed by atoms with Crippen LogP contribution in [-0.2, 0) is 19.0 Å². The number of fused-ring (bicyclic) bond motifs is 1. The molecule has 0 saturated carbocycles. The molecular formula is C15H19FN6. The molecule has 0 amide bonds. The van der Waals surface area contributed by atoms with Gasteiger partial charge in [-0.05, 0) is 12.1 Å². The van der Waals surface area contributed by atoms with Crippen LogP contribution < -0.4 is 5.32 Å². The lowest BCUT2D eigenvalue weighted by molar-refractivity contribution is 0.548. The summed E-state index contributed by atoms with van der Waals surface area (Å²) in [7, 11) is 1.85. The molecule has 0 spiro atoms. The van der Waals surface area contributed by atoms with Gasteiger partial charge in [-0.3, -0.25) is 5.10 Å². The molecule has 116 valence electrons. The van der Waals surface area contributed by atoms with Crippen LogP contribution in [-0.4, -0.2) is 24.7 Å². The molecule has 2 heterocycles. The Morgan fingerprint density at radius 1 is 1.27 bits per heavy atom. The normalized spacial score (nSPS) is 12.0. The predicted octanol–water partition coefficient (Wildman–Crippen LogP) is 2.74. The fourth-order valence-corrected chi connectivity index (χ4v) is 2.21. The van der Waals surface area contributed by atoms with Crippen molar-refractivity contribution in [3.63, 3.8) is 0 Å². The summed E-state index contributed by atoms with van der Waals surface area (Å²) in [6.45, 7) is 6.62. The van der Waals surface area contributed by atoms with Gasteiger partial charge in [-0.1, -0.05) is 26.8 Å². The predicted molar refractivity (Wildman–Crippen MR) is 83.1 cm³/mol. The summed E-state index contributed by atoms with van der Waals surface area (Å²) in [5.41, 5.74) is 1.01. The Morgan fingerprint density at radius 3 is 2.68 bits per heavy atom. The van der Waals surface area contributed by atoms with Crippen LogP contribution in [0.5, 0.6) is 0 Å². The molecule has 0 fully saturated rings. The molecule has 0 bridgehead atoms. The van der Waals surface area contributed by atoms with Crippen LogP contribution >= 0.6 is 0 Å². The van der Waals surface area contributed by atoms with Gasteiger partial charge in [0.05, 0.1) is 12.1 Å². The number of aromatic nitrogens is 5. The summed E-state index contributed by atoms with van der Waals surface area (Å²) in [5, 5.41) is 10.3. The molecule has 3 aromatic rings. The fraction of sp³-hybridized carbons (Fsp3) is 0.400. The van der Waals surface area contributed by atoms with Gasteiger partial charge < -0.3 is 9.88 Å². The first kappa shape index (κ1) is 14.5. The minimum Gasteiger partial charge on any atom is -0.348 e. The molecule has 7 heteroatoms. The van der Waals surface area contributed by atoms with Gasteiger partial charge in [0.2, 0.25) is 5.95 Å². The number of aryl methyl sites for hydroxylation is 1. The lowest BCUT2D eigenvalue weighted by atomic mass is 9.96. The van der Waals surface area contributed by atoms with E-state index in [2.05, 4.69) is 46.3 Å². The van der Waals surface area contributed by atoms with Crippen LogP contribution in [0, 0.1) is 5.82 Å². The molecule has 22 heavy (non-hydrogen) atoms. The number of hydrogen-bond acceptors (Lipinski definition) is 4. The minimum atomic E-state index is -0.323. The third kappa shape index (κ3) is 2.54. The zero-order chi connectivity index (χ0) is 15.9. The number of imidazole rings is 1. The molecule has 6 nitrogen and oxygen atoms in total. The lowest BCUT2D eigenvalue weighted by Crippen LogP contribution is -2.13. The summed E-state index contributed by atoms with van der Waals surface area (Å²) in [6, 6.07) is 4.92. The van der Waals surface area contributed by atoms with E-state index in [-0.39, 0.29) is 11.2 Å². The summed E-state index contributed by atoms with van der Waals surface area (Å²) < 4.78 is 15.6. The van der Waals surface area contributed by atoms with E-state index in [1.807, 2.05) is 17.7 Å². The number of aromatic amines is 1. The average molecular weight is 302 g/mol. The van der Waals surface area contributed by atoms with E-state index in [1.54, 1.807) is 6.07 Å². The van der Waals surface area contributed by atoms with Gasteiger partial charge in [0, 0.05) is 12.5 Å². The molecule has 2 N–H and O–H groups in total. The van der Waals surface area contributed by atoms with E-state index in [9.17, 15) is 4.39 Å². The van der Waals surface area contributed by atoms with Gasteiger partial charge in [0.15, 0.2) is 11.6 Å². The highest BCUT2D eigenvalue weighted by Crippen LogP contribution is 2.21. The topological polar surface area (TPSA) is 71.4 Å². The van der Waals surface area contributed by atoms with Gasteiger partial charge in [-0.2, -0.15) is 5.10 Å². The van der Waals surface area contributed by atoms with Crippen LogP contribution in [0.25, 0.3) is 11.0 Å². The van der Waals surface area contributed by atoms with E-state index in [0.717, 1.165) is 17.2 Å². The zero-order valence-corrected chi connectivity index (χ0v) is 13.1. The molecule has 0 aliphatic heterocycles. The van der Waals surface area contributed by atoms with Crippen molar-refractivity contribution in [2.24, 2.45) is 7.05 Å². The largest absolute Gasteiger partial charge is 0.348 e. The maximum Gasteiger partial charge on any atom is 0.204 e. The van der Waals surface area contributed by atoms with Crippen LogP contribution in [0.15, 0.2) is 18.2 Å². The Kier molecular flexibility index (Phi) is 3.35. The van der Waals surface area contributed by atoms with Gasteiger partial charge >= 0.3 is 0 Å². The van der Waals surface area contributed by atoms with Gasteiger partial charge in [-0.25, -0.2) is 14.4 Å². The highest BCUT2D eigenvalue weighted by atomic mass is 19.1. The van der Waals surface area contributed by atoms with Gasteiger partial charge in [0.1, 0.15) is 11.3 Å². The zero-order valence-electron chi connectivity index (χ0n) is 13.1. The molecular weight excluding hydrogens is 283 g/mol. The molecule has 0 radical (unpaired) electrons. The molecule has 0 aliphatic rings. The smallest absolute Gasteiger partial charge is 0.204 e. The van der Waals surface area contributed by atoms with E-state index >= 15 is 0 Å². The Balaban J connectivity index is 1.81. The Labute approximate surface area is 127 Å². The first-order valence-corrected chi connectivity index (χ1v) is 7.13. The fourth-order valence-electron chi connectivity index (χ4n) is 2.21. The molecule has 1 aromatic carbocycles. The summed E-state index contributed by atoms with van der Waals surface area (Å²) >= 11 is 0. The second-order valence-corrected chi connectivity index (χ2v) is 6.31. The van der Waals surface area contributed by atoms with Crippen molar-refractivity contribution < 1.29 is 4.39 Å². The van der Waals surface area contributed by atoms with Crippen molar-refractivity contribution in [3.8, 4) is 0 Å². The number of benzene rings is 1. The number of H-pyrrole nitrogens is 1. The van der Waals surface area contributed by atoms with Crippen molar-refractivity contribution >= 4 is 17.0 Å². The molecule has 3 rings (SSSR count). The maximum absolute atomic E-state index is 13.7. The molecule has 2 aromatic heterocycles. The highest BCUT2D eigenvalue weighted by Gasteiger charge is 2.19. The number of nitrogens with one attached hydrogen (secondary N) is 2. The number of rotatable bonds is 3. The van der Waals surface area contributed by atoms with Crippen LogP contribution in [0.2, 0.25) is 0 Å². The Morgan fingerprint density at radius 2 is 2.05 bits per heavy atom. The minimum absolute atomic E-state index is 0.101. The van der Waals surface area contributed by atoms with Gasteiger partial charge in [0.25, 0.3) is 0 Å². The average Bonchev–Trinajstić information content (AvgIpc) is 3.03. The molecule has 0 atom stereocenters.